The van der Waals surface area contributed by atoms with Gasteiger partial charge in [0.1, 0.15) is 38.1 Å². The number of hydrogen-bond donors (Lipinski definition) is 1. The zero-order valence-corrected chi connectivity index (χ0v) is 14.1. The maximum absolute atomic E-state index is 10.5. The lowest BCUT2D eigenvalue weighted by Crippen LogP contribution is -2.58. The predicted octanol–water partition coefficient (Wildman–Crippen LogP) is 2.61. The van der Waals surface area contributed by atoms with Crippen molar-refractivity contribution in [3.05, 3.63) is 55.1 Å². The van der Waals surface area contributed by atoms with Crippen molar-refractivity contribution in [3.8, 4) is 5.75 Å². The number of hydrogen-bond acceptors (Lipinski definition) is 3. The van der Waals surface area contributed by atoms with E-state index in [2.05, 4.69) is 18.7 Å². The molecule has 128 valence electrons. The van der Waals surface area contributed by atoms with E-state index in [0.29, 0.717) is 13.2 Å². The van der Waals surface area contributed by atoms with Crippen molar-refractivity contribution in [3.63, 3.8) is 0 Å². The normalized spacial score (nSPS) is 18.2. The lowest BCUT2D eigenvalue weighted by molar-refractivity contribution is -0.932. The zero-order chi connectivity index (χ0) is 16.8. The standard InChI is InChI=1S/C20H26NO3/c1-2-10-21(11-13-23-14-12-21)15-18(22)16-24-20-9-5-7-17-6-3-4-8-19(17)20/h2-9,18,22H,1,10-16H2/q+1. The van der Waals surface area contributed by atoms with E-state index in [1.54, 1.807) is 0 Å². The minimum atomic E-state index is -0.512. The Morgan fingerprint density at radius 1 is 1.17 bits per heavy atom. The molecule has 0 bridgehead atoms. The van der Waals surface area contributed by atoms with E-state index < -0.39 is 6.10 Å². The van der Waals surface area contributed by atoms with Crippen LogP contribution in [0.3, 0.4) is 0 Å². The third-order valence-electron chi connectivity index (χ3n) is 4.72. The number of quaternary nitrogens is 1. The summed E-state index contributed by atoms with van der Waals surface area (Å²) in [5.74, 6) is 0.824. The fraction of sp³-hybridized carbons (Fsp3) is 0.400. The molecular formula is C20H26NO3+. The Balaban J connectivity index is 1.64. The summed E-state index contributed by atoms with van der Waals surface area (Å²) in [6, 6.07) is 14.1. The third-order valence-corrected chi connectivity index (χ3v) is 4.72. The monoisotopic (exact) mass is 328 g/mol. The van der Waals surface area contributed by atoms with E-state index in [-0.39, 0.29) is 0 Å². The molecule has 3 rings (SSSR count). The van der Waals surface area contributed by atoms with Gasteiger partial charge in [-0.05, 0) is 17.5 Å². The largest absolute Gasteiger partial charge is 0.490 e. The molecule has 0 amide bonds. The summed E-state index contributed by atoms with van der Waals surface area (Å²) in [4.78, 5) is 0. The maximum atomic E-state index is 10.5. The molecule has 1 aliphatic rings. The predicted molar refractivity (Wildman–Crippen MR) is 96.2 cm³/mol. The van der Waals surface area contributed by atoms with Crippen LogP contribution in [0, 0.1) is 0 Å². The molecule has 4 nitrogen and oxygen atoms in total. The molecule has 0 spiro atoms. The second-order valence-corrected chi connectivity index (χ2v) is 6.50. The number of ether oxygens (including phenoxy) is 2. The molecule has 1 fully saturated rings. The first kappa shape index (κ1) is 17.0. The number of fused-ring (bicyclic) bond motifs is 1. The van der Waals surface area contributed by atoms with E-state index in [4.69, 9.17) is 9.47 Å². The average molecular weight is 328 g/mol. The Hall–Kier alpha value is -1.88. The molecule has 0 radical (unpaired) electrons. The van der Waals surface area contributed by atoms with Gasteiger partial charge >= 0.3 is 0 Å². The first-order valence-corrected chi connectivity index (χ1v) is 8.55. The van der Waals surface area contributed by atoms with Crippen LogP contribution in [0.2, 0.25) is 0 Å². The van der Waals surface area contributed by atoms with Crippen molar-refractivity contribution in [2.45, 2.75) is 6.10 Å². The van der Waals surface area contributed by atoms with Crippen LogP contribution in [0.25, 0.3) is 10.8 Å². The first-order valence-electron chi connectivity index (χ1n) is 8.55. The quantitative estimate of drug-likeness (QED) is 0.627. The SMILES string of the molecule is C=CC[N+]1(CC(O)COc2cccc3ccccc23)CCOCC1. The van der Waals surface area contributed by atoms with Gasteiger partial charge in [-0.15, -0.1) is 0 Å². The minimum absolute atomic E-state index is 0.298. The number of morpholine rings is 1. The Morgan fingerprint density at radius 3 is 2.71 bits per heavy atom. The highest BCUT2D eigenvalue weighted by Gasteiger charge is 2.32. The Morgan fingerprint density at radius 2 is 1.92 bits per heavy atom. The second kappa shape index (κ2) is 7.79. The number of aliphatic hydroxyl groups excluding tert-OH is 1. The topological polar surface area (TPSA) is 38.7 Å². The van der Waals surface area contributed by atoms with Gasteiger partial charge in [-0.25, -0.2) is 0 Å². The fourth-order valence-corrected chi connectivity index (χ4v) is 3.45. The lowest BCUT2D eigenvalue weighted by atomic mass is 10.1. The highest BCUT2D eigenvalue weighted by atomic mass is 16.5. The van der Waals surface area contributed by atoms with Gasteiger partial charge in [-0.1, -0.05) is 43.0 Å². The Labute approximate surface area is 143 Å². The molecular weight excluding hydrogens is 302 g/mol. The summed E-state index contributed by atoms with van der Waals surface area (Å²) >= 11 is 0. The second-order valence-electron chi connectivity index (χ2n) is 6.50. The van der Waals surface area contributed by atoms with E-state index in [1.807, 2.05) is 36.4 Å². The van der Waals surface area contributed by atoms with Crippen LogP contribution >= 0.6 is 0 Å². The van der Waals surface area contributed by atoms with Crippen molar-refractivity contribution in [2.75, 3.05) is 46.0 Å². The molecule has 0 aromatic heterocycles. The van der Waals surface area contributed by atoms with Crippen LogP contribution in [0.4, 0.5) is 0 Å². The highest BCUT2D eigenvalue weighted by molar-refractivity contribution is 5.88. The molecule has 4 heteroatoms. The number of nitrogens with zero attached hydrogens (tertiary/aromatic N) is 1. The van der Waals surface area contributed by atoms with E-state index in [0.717, 1.165) is 53.9 Å². The molecule has 0 saturated carbocycles. The molecule has 1 unspecified atom stereocenters. The lowest BCUT2D eigenvalue weighted by Gasteiger charge is -2.41. The van der Waals surface area contributed by atoms with Crippen LogP contribution < -0.4 is 4.74 Å². The molecule has 1 saturated heterocycles. The van der Waals surface area contributed by atoms with Crippen molar-refractivity contribution >= 4 is 10.8 Å². The van der Waals surface area contributed by atoms with Gasteiger partial charge in [0.05, 0.1) is 19.8 Å². The van der Waals surface area contributed by atoms with Crippen molar-refractivity contribution in [1.82, 2.24) is 0 Å². The molecule has 0 aliphatic carbocycles. The molecule has 2 aromatic carbocycles. The maximum Gasteiger partial charge on any atom is 0.137 e. The number of aliphatic hydroxyl groups is 1. The van der Waals surface area contributed by atoms with Gasteiger partial charge in [0.2, 0.25) is 0 Å². The van der Waals surface area contributed by atoms with Crippen LogP contribution in [0.15, 0.2) is 55.1 Å². The molecule has 1 aliphatic heterocycles. The average Bonchev–Trinajstić information content (AvgIpc) is 2.61. The van der Waals surface area contributed by atoms with E-state index in [1.165, 1.54) is 0 Å². The summed E-state index contributed by atoms with van der Waals surface area (Å²) in [5, 5.41) is 12.7. The van der Waals surface area contributed by atoms with Crippen LogP contribution in [-0.4, -0.2) is 61.7 Å². The summed E-state index contributed by atoms with van der Waals surface area (Å²) in [7, 11) is 0. The van der Waals surface area contributed by atoms with Gasteiger partial charge in [0.15, 0.2) is 0 Å². The first-order chi connectivity index (χ1) is 11.7. The van der Waals surface area contributed by atoms with Crippen molar-refractivity contribution in [1.29, 1.82) is 0 Å². The van der Waals surface area contributed by atoms with E-state index in [9.17, 15) is 5.11 Å². The molecule has 2 aromatic rings. The minimum Gasteiger partial charge on any atom is -0.490 e. The summed E-state index contributed by atoms with van der Waals surface area (Å²) in [6.45, 7) is 9.00. The van der Waals surface area contributed by atoms with Gasteiger partial charge in [0.25, 0.3) is 0 Å². The van der Waals surface area contributed by atoms with Crippen molar-refractivity contribution < 1.29 is 19.1 Å². The zero-order valence-electron chi connectivity index (χ0n) is 14.1. The van der Waals surface area contributed by atoms with E-state index >= 15 is 0 Å². The fourth-order valence-electron chi connectivity index (χ4n) is 3.45. The van der Waals surface area contributed by atoms with Crippen LogP contribution in [-0.2, 0) is 4.74 Å². The van der Waals surface area contributed by atoms with Gasteiger partial charge in [0, 0.05) is 5.39 Å². The Kier molecular flexibility index (Phi) is 5.51. The van der Waals surface area contributed by atoms with Crippen molar-refractivity contribution in [2.24, 2.45) is 0 Å². The smallest absolute Gasteiger partial charge is 0.137 e. The van der Waals surface area contributed by atoms with Gasteiger partial charge in [-0.2, -0.15) is 0 Å². The van der Waals surface area contributed by atoms with Gasteiger partial charge in [-0.3, -0.25) is 0 Å². The Bertz CT molecular complexity index is 674. The number of benzene rings is 2. The molecule has 1 N–H and O–H groups in total. The molecule has 1 heterocycles. The molecule has 1 atom stereocenters. The van der Waals surface area contributed by atoms with Gasteiger partial charge < -0.3 is 19.1 Å². The summed E-state index contributed by atoms with van der Waals surface area (Å²) < 4.78 is 12.2. The number of rotatable bonds is 7. The van der Waals surface area contributed by atoms with Crippen LogP contribution in [0.1, 0.15) is 0 Å². The summed E-state index contributed by atoms with van der Waals surface area (Å²) in [5.41, 5.74) is 0. The molecule has 24 heavy (non-hydrogen) atoms. The highest BCUT2D eigenvalue weighted by Crippen LogP contribution is 2.25. The third kappa shape index (κ3) is 3.96. The summed E-state index contributed by atoms with van der Waals surface area (Å²) in [6.07, 6.45) is 1.42. The van der Waals surface area contributed by atoms with Crippen LogP contribution in [0.5, 0.6) is 5.75 Å².